The summed E-state index contributed by atoms with van der Waals surface area (Å²) >= 11 is 6.96. The van der Waals surface area contributed by atoms with Gasteiger partial charge in [0.25, 0.3) is 5.91 Å². The van der Waals surface area contributed by atoms with Crippen molar-refractivity contribution in [1.82, 2.24) is 4.90 Å². The minimum atomic E-state index is -4.58. The van der Waals surface area contributed by atoms with Gasteiger partial charge < -0.3 is 9.32 Å². The third-order valence-electron chi connectivity index (χ3n) is 5.48. The molecule has 0 N–H and O–H groups in total. The molecule has 0 spiro atoms. The lowest BCUT2D eigenvalue weighted by atomic mass is 10.1. The van der Waals surface area contributed by atoms with Gasteiger partial charge in [0, 0.05) is 38.0 Å². The minimum Gasteiger partial charge on any atom is -0.457 e. The fraction of sp³-hybridized carbons (Fsp3) is 0.259. The molecule has 0 saturated carbocycles. The summed E-state index contributed by atoms with van der Waals surface area (Å²) in [6.45, 7) is 4.53. The van der Waals surface area contributed by atoms with Crippen LogP contribution in [-0.4, -0.2) is 36.6 Å². The van der Waals surface area contributed by atoms with Crippen LogP contribution in [0.15, 0.2) is 68.9 Å². The molecule has 0 radical (unpaired) electrons. The van der Waals surface area contributed by atoms with Crippen molar-refractivity contribution in [2.45, 2.75) is 20.0 Å². The summed E-state index contributed by atoms with van der Waals surface area (Å²) in [5.74, 6) is 0.591. The van der Waals surface area contributed by atoms with Crippen molar-refractivity contribution in [3.8, 4) is 11.3 Å². The average Bonchev–Trinajstić information content (AvgIpc) is 3.39. The summed E-state index contributed by atoms with van der Waals surface area (Å²) in [7, 11) is 3.91. The third kappa shape index (κ3) is 6.22. The van der Waals surface area contributed by atoms with Gasteiger partial charge in [-0.15, -0.1) is 0 Å². The van der Waals surface area contributed by atoms with E-state index in [1.807, 2.05) is 57.1 Å². The van der Waals surface area contributed by atoms with Crippen molar-refractivity contribution in [3.05, 3.63) is 75.8 Å². The van der Waals surface area contributed by atoms with Gasteiger partial charge in [-0.1, -0.05) is 25.4 Å². The molecule has 194 valence electrons. The molecule has 1 amide bonds. The number of amides is 1. The zero-order chi connectivity index (χ0) is 26.9. The molecule has 5 nitrogen and oxygen atoms in total. The van der Waals surface area contributed by atoms with Gasteiger partial charge in [0.2, 0.25) is 0 Å². The Bertz CT molecular complexity index is 1360. The smallest absolute Gasteiger partial charge is 0.417 e. The van der Waals surface area contributed by atoms with Crippen LogP contribution in [0, 0.1) is 5.92 Å². The second-order valence-corrected chi connectivity index (χ2v) is 10.5. The van der Waals surface area contributed by atoms with Gasteiger partial charge in [0.15, 0.2) is 5.17 Å². The Hall–Kier alpha value is -3.17. The highest BCUT2D eigenvalue weighted by Crippen LogP contribution is 2.39. The van der Waals surface area contributed by atoms with Crippen LogP contribution >= 0.6 is 23.4 Å². The molecule has 0 bridgehead atoms. The van der Waals surface area contributed by atoms with Crippen molar-refractivity contribution in [1.29, 1.82) is 0 Å². The molecule has 0 atom stereocenters. The van der Waals surface area contributed by atoms with Gasteiger partial charge in [-0.25, -0.2) is 4.99 Å². The van der Waals surface area contributed by atoms with E-state index in [2.05, 4.69) is 0 Å². The Morgan fingerprint density at radius 1 is 1.11 bits per heavy atom. The number of hydrogen-bond acceptors (Lipinski definition) is 5. The summed E-state index contributed by atoms with van der Waals surface area (Å²) in [6.07, 6.45) is -3.00. The molecule has 0 aliphatic carbocycles. The van der Waals surface area contributed by atoms with Gasteiger partial charge in [0.1, 0.15) is 11.5 Å². The predicted octanol–water partition coefficient (Wildman–Crippen LogP) is 7.94. The quantitative estimate of drug-likeness (QED) is 0.294. The zero-order valence-electron chi connectivity index (χ0n) is 20.6. The first-order chi connectivity index (χ1) is 17.4. The topological polar surface area (TPSA) is 49.1 Å². The first kappa shape index (κ1) is 26.9. The molecular weight excluding hydrogens is 523 g/mol. The van der Waals surface area contributed by atoms with Crippen LogP contribution in [0.3, 0.4) is 0 Å². The Morgan fingerprint density at radius 2 is 1.81 bits per heavy atom. The van der Waals surface area contributed by atoms with Gasteiger partial charge in [0.05, 0.1) is 21.2 Å². The SMILES string of the molecule is CC(C)CN1C(=O)/C(=C/c2ccc(-c3ccc(Cl)c(C(F)(F)F)c3)o2)SC1=Nc1ccc(N(C)C)cc1. The van der Waals surface area contributed by atoms with Crippen LogP contribution in [-0.2, 0) is 11.0 Å². The molecule has 1 aromatic heterocycles. The van der Waals surface area contributed by atoms with Gasteiger partial charge in [-0.2, -0.15) is 13.2 Å². The fourth-order valence-electron chi connectivity index (χ4n) is 3.66. The van der Waals surface area contributed by atoms with Crippen molar-refractivity contribution in [3.63, 3.8) is 0 Å². The number of rotatable bonds is 6. The van der Waals surface area contributed by atoms with E-state index in [4.69, 9.17) is 21.0 Å². The number of hydrogen-bond donors (Lipinski definition) is 0. The van der Waals surface area contributed by atoms with E-state index in [-0.39, 0.29) is 28.2 Å². The zero-order valence-corrected chi connectivity index (χ0v) is 22.2. The summed E-state index contributed by atoms with van der Waals surface area (Å²) in [4.78, 5) is 22.0. The van der Waals surface area contributed by atoms with Gasteiger partial charge in [-0.3, -0.25) is 9.69 Å². The van der Waals surface area contributed by atoms with Crippen LogP contribution < -0.4 is 4.90 Å². The molecule has 1 aliphatic rings. The molecule has 3 aromatic rings. The number of aliphatic imine (C=N–C) groups is 1. The molecule has 10 heteroatoms. The molecular formula is C27H25ClF3N3O2S. The van der Waals surface area contributed by atoms with Gasteiger partial charge in [-0.05, 0) is 72.3 Å². The summed E-state index contributed by atoms with van der Waals surface area (Å²) in [6, 6.07) is 14.5. The number of furan rings is 1. The fourth-order valence-corrected chi connectivity index (χ4v) is 4.88. The predicted molar refractivity (Wildman–Crippen MR) is 144 cm³/mol. The van der Waals surface area contributed by atoms with E-state index in [1.54, 1.807) is 23.1 Å². The van der Waals surface area contributed by atoms with Crippen LogP contribution in [0.2, 0.25) is 5.02 Å². The molecule has 4 rings (SSSR count). The number of benzene rings is 2. The molecule has 1 aliphatic heterocycles. The Kier molecular flexibility index (Phi) is 7.75. The maximum atomic E-state index is 13.3. The number of alkyl halides is 3. The lowest BCUT2D eigenvalue weighted by molar-refractivity contribution is -0.137. The number of carbonyl (C=O) groups is 1. The largest absolute Gasteiger partial charge is 0.457 e. The maximum absolute atomic E-state index is 13.3. The highest BCUT2D eigenvalue weighted by atomic mass is 35.5. The second kappa shape index (κ2) is 10.7. The number of anilines is 1. The number of thioether (sulfide) groups is 1. The van der Waals surface area contributed by atoms with Crippen LogP contribution in [0.4, 0.5) is 24.5 Å². The molecule has 2 aromatic carbocycles. The van der Waals surface area contributed by atoms with E-state index in [0.717, 1.165) is 17.4 Å². The number of amidine groups is 1. The van der Waals surface area contributed by atoms with E-state index in [9.17, 15) is 18.0 Å². The van der Waals surface area contributed by atoms with Crippen molar-refractivity contribution in [2.75, 3.05) is 25.5 Å². The molecule has 0 unspecified atom stereocenters. The Labute approximate surface area is 222 Å². The highest BCUT2D eigenvalue weighted by molar-refractivity contribution is 8.18. The Morgan fingerprint density at radius 3 is 2.43 bits per heavy atom. The van der Waals surface area contributed by atoms with E-state index >= 15 is 0 Å². The standard InChI is InChI=1S/C27H25ClF3N3O2S/c1-16(2)15-34-25(35)24(37-26(34)32-18-6-8-19(9-7-18)33(3)4)14-20-10-12-23(36-20)17-5-11-22(28)21(13-17)27(29,30)31/h5-14,16H,15H2,1-4H3/b24-14-,32-26?. The van der Waals surface area contributed by atoms with E-state index < -0.39 is 11.7 Å². The Balaban J connectivity index is 1.63. The molecule has 2 heterocycles. The normalized spacial score (nSPS) is 16.5. The first-order valence-electron chi connectivity index (χ1n) is 11.5. The number of carbonyl (C=O) groups excluding carboxylic acids is 1. The lowest BCUT2D eigenvalue weighted by Gasteiger charge is -2.18. The third-order valence-corrected chi connectivity index (χ3v) is 6.82. The maximum Gasteiger partial charge on any atom is 0.417 e. The summed E-state index contributed by atoms with van der Waals surface area (Å²) in [5, 5.41) is 0.174. The monoisotopic (exact) mass is 547 g/mol. The van der Waals surface area contributed by atoms with Gasteiger partial charge >= 0.3 is 6.18 Å². The molecule has 1 saturated heterocycles. The lowest BCUT2D eigenvalue weighted by Crippen LogP contribution is -2.32. The van der Waals surface area contributed by atoms with Crippen LogP contribution in [0.5, 0.6) is 0 Å². The van der Waals surface area contributed by atoms with Crippen molar-refractivity contribution >= 4 is 51.9 Å². The highest BCUT2D eigenvalue weighted by Gasteiger charge is 2.35. The summed E-state index contributed by atoms with van der Waals surface area (Å²) in [5.41, 5.74) is 1.06. The van der Waals surface area contributed by atoms with Crippen LogP contribution in [0.25, 0.3) is 17.4 Å². The second-order valence-electron chi connectivity index (χ2n) is 9.12. The molecule has 1 fully saturated rings. The van der Waals surface area contributed by atoms with Crippen LogP contribution in [0.1, 0.15) is 25.2 Å². The number of halogens is 4. The number of nitrogens with zero attached hydrogens (tertiary/aromatic N) is 3. The average molecular weight is 548 g/mol. The first-order valence-corrected chi connectivity index (χ1v) is 12.7. The van der Waals surface area contributed by atoms with E-state index in [1.165, 1.54) is 23.9 Å². The van der Waals surface area contributed by atoms with E-state index in [0.29, 0.717) is 22.4 Å². The van der Waals surface area contributed by atoms with Crippen molar-refractivity contribution < 1.29 is 22.4 Å². The van der Waals surface area contributed by atoms with Crippen molar-refractivity contribution in [2.24, 2.45) is 10.9 Å². The molecule has 37 heavy (non-hydrogen) atoms. The summed E-state index contributed by atoms with van der Waals surface area (Å²) < 4.78 is 45.5. The minimum absolute atomic E-state index is 0.203.